The number of rotatable bonds is 2. The molecule has 0 aromatic heterocycles. The van der Waals surface area contributed by atoms with Crippen LogP contribution in [0.15, 0.2) is 48.5 Å². The van der Waals surface area contributed by atoms with Crippen LogP contribution in [0.2, 0.25) is 0 Å². The van der Waals surface area contributed by atoms with Gasteiger partial charge in [-0.1, -0.05) is 53.6 Å². The molecule has 0 unspecified atom stereocenters. The quantitative estimate of drug-likeness (QED) is 0.484. The third kappa shape index (κ3) is 3.01. The Morgan fingerprint density at radius 1 is 0.458 bits per heavy atom. The van der Waals surface area contributed by atoms with Crippen molar-refractivity contribution in [1.29, 1.82) is 0 Å². The molecule has 0 saturated heterocycles. The highest BCUT2D eigenvalue weighted by atomic mass is 14.1. The minimum Gasteiger partial charge on any atom is -0.0610 e. The van der Waals surface area contributed by atoms with Crippen molar-refractivity contribution in [3.8, 4) is 22.3 Å². The van der Waals surface area contributed by atoms with Gasteiger partial charge >= 0.3 is 0 Å². The van der Waals surface area contributed by atoms with Crippen LogP contribution in [0.4, 0.5) is 0 Å². The molecule has 0 nitrogen and oxygen atoms in total. The van der Waals surface area contributed by atoms with Gasteiger partial charge in [0.2, 0.25) is 0 Å². The molecule has 0 amide bonds. The van der Waals surface area contributed by atoms with Crippen LogP contribution in [-0.2, 0) is 0 Å². The van der Waals surface area contributed by atoms with E-state index in [0.29, 0.717) is 0 Å². The molecule has 0 heteroatoms. The molecule has 0 bridgehead atoms. The molecule has 0 radical (unpaired) electrons. The van der Waals surface area contributed by atoms with Crippen molar-refractivity contribution in [3.63, 3.8) is 0 Å². The van der Waals surface area contributed by atoms with Crippen LogP contribution < -0.4 is 0 Å². The van der Waals surface area contributed by atoms with Crippen molar-refractivity contribution in [1.82, 2.24) is 0 Å². The second-order valence-electron chi connectivity index (χ2n) is 7.13. The summed E-state index contributed by atoms with van der Waals surface area (Å²) in [5.41, 5.74) is 13.4. The van der Waals surface area contributed by atoms with Gasteiger partial charge in [-0.25, -0.2) is 0 Å². The maximum absolute atomic E-state index is 2.34. The van der Waals surface area contributed by atoms with Gasteiger partial charge in [0, 0.05) is 0 Å². The summed E-state index contributed by atoms with van der Waals surface area (Å²) in [4.78, 5) is 0. The fourth-order valence-electron chi connectivity index (χ4n) is 4.10. The minimum absolute atomic E-state index is 1.31. The predicted molar refractivity (Wildman–Crippen MR) is 106 cm³/mol. The highest BCUT2D eigenvalue weighted by molar-refractivity contribution is 5.79. The summed E-state index contributed by atoms with van der Waals surface area (Å²) in [6, 6.07) is 18.1. The predicted octanol–water partition coefficient (Wildman–Crippen LogP) is 6.87. The van der Waals surface area contributed by atoms with E-state index >= 15 is 0 Å². The van der Waals surface area contributed by atoms with E-state index in [1.807, 2.05) is 0 Å². The van der Waals surface area contributed by atoms with E-state index in [1.165, 1.54) is 55.6 Å². The summed E-state index contributed by atoms with van der Waals surface area (Å²) < 4.78 is 0. The molecule has 3 rings (SSSR count). The average molecular weight is 314 g/mol. The standard InChI is InChI=1S/C24H26/c1-15-10-17(3)23(18(4)11-15)21-8-7-9-22(14-21)24-19(5)12-16(2)13-20(24)6/h7-14H,1-6H3. The third-order valence-corrected chi connectivity index (χ3v) is 4.79. The Hall–Kier alpha value is -2.34. The van der Waals surface area contributed by atoms with Gasteiger partial charge in [0.15, 0.2) is 0 Å². The van der Waals surface area contributed by atoms with Crippen molar-refractivity contribution >= 4 is 0 Å². The van der Waals surface area contributed by atoms with Crippen LogP contribution in [0.3, 0.4) is 0 Å². The SMILES string of the molecule is Cc1cc(C)c(-c2cccc(-c3c(C)cc(C)cc3C)c2)c(C)c1. The van der Waals surface area contributed by atoms with E-state index < -0.39 is 0 Å². The molecule has 3 aromatic carbocycles. The van der Waals surface area contributed by atoms with Gasteiger partial charge in [0.05, 0.1) is 0 Å². The minimum atomic E-state index is 1.31. The Morgan fingerprint density at radius 2 is 0.792 bits per heavy atom. The van der Waals surface area contributed by atoms with Gasteiger partial charge in [-0.05, 0) is 92.1 Å². The van der Waals surface area contributed by atoms with Crippen LogP contribution >= 0.6 is 0 Å². The zero-order chi connectivity index (χ0) is 17.4. The molecule has 0 saturated carbocycles. The van der Waals surface area contributed by atoms with Gasteiger partial charge in [0.25, 0.3) is 0 Å². The molecule has 0 aliphatic rings. The van der Waals surface area contributed by atoms with E-state index in [0.717, 1.165) is 0 Å². The summed E-state index contributed by atoms with van der Waals surface area (Å²) in [5, 5.41) is 0. The Kier molecular flexibility index (Phi) is 4.32. The topological polar surface area (TPSA) is 0 Å². The largest absolute Gasteiger partial charge is 0.0610 e. The average Bonchev–Trinajstić information content (AvgIpc) is 2.45. The molecule has 0 aliphatic heterocycles. The van der Waals surface area contributed by atoms with Crippen molar-refractivity contribution in [2.24, 2.45) is 0 Å². The zero-order valence-electron chi connectivity index (χ0n) is 15.6. The normalized spacial score (nSPS) is 10.9. The first-order chi connectivity index (χ1) is 11.4. The summed E-state index contributed by atoms with van der Waals surface area (Å²) in [6.07, 6.45) is 0. The van der Waals surface area contributed by atoms with Crippen LogP contribution in [0.25, 0.3) is 22.3 Å². The molecule has 122 valence electrons. The van der Waals surface area contributed by atoms with E-state index in [2.05, 4.69) is 90.1 Å². The lowest BCUT2D eigenvalue weighted by Gasteiger charge is -2.15. The highest BCUT2D eigenvalue weighted by Crippen LogP contribution is 2.34. The first-order valence-corrected chi connectivity index (χ1v) is 8.63. The zero-order valence-corrected chi connectivity index (χ0v) is 15.6. The van der Waals surface area contributed by atoms with Crippen molar-refractivity contribution in [2.75, 3.05) is 0 Å². The maximum Gasteiger partial charge on any atom is -0.0125 e. The highest BCUT2D eigenvalue weighted by Gasteiger charge is 2.11. The number of hydrogen-bond acceptors (Lipinski definition) is 0. The first kappa shape index (κ1) is 16.5. The fourth-order valence-corrected chi connectivity index (χ4v) is 4.10. The second-order valence-corrected chi connectivity index (χ2v) is 7.13. The van der Waals surface area contributed by atoms with Crippen molar-refractivity contribution in [3.05, 3.63) is 81.9 Å². The Morgan fingerprint density at radius 3 is 1.12 bits per heavy atom. The lowest BCUT2D eigenvalue weighted by Crippen LogP contribution is -1.93. The van der Waals surface area contributed by atoms with Gasteiger partial charge in [-0.15, -0.1) is 0 Å². The molecule has 24 heavy (non-hydrogen) atoms. The molecule has 0 fully saturated rings. The monoisotopic (exact) mass is 314 g/mol. The molecule has 3 aromatic rings. The van der Waals surface area contributed by atoms with Crippen LogP contribution in [0.5, 0.6) is 0 Å². The van der Waals surface area contributed by atoms with E-state index in [4.69, 9.17) is 0 Å². The lowest BCUT2D eigenvalue weighted by molar-refractivity contribution is 1.31. The summed E-state index contributed by atoms with van der Waals surface area (Å²) in [5.74, 6) is 0. The first-order valence-electron chi connectivity index (χ1n) is 8.63. The van der Waals surface area contributed by atoms with Crippen LogP contribution in [0.1, 0.15) is 33.4 Å². The van der Waals surface area contributed by atoms with Crippen LogP contribution in [0, 0.1) is 41.5 Å². The molecule has 0 atom stereocenters. The van der Waals surface area contributed by atoms with Gasteiger partial charge in [-0.2, -0.15) is 0 Å². The molecular weight excluding hydrogens is 288 g/mol. The van der Waals surface area contributed by atoms with Crippen molar-refractivity contribution < 1.29 is 0 Å². The Bertz CT molecular complexity index is 794. The molecular formula is C24H26. The van der Waals surface area contributed by atoms with E-state index in [1.54, 1.807) is 0 Å². The summed E-state index contributed by atoms with van der Waals surface area (Å²) in [7, 11) is 0. The van der Waals surface area contributed by atoms with Gasteiger partial charge in [0.1, 0.15) is 0 Å². The number of benzene rings is 3. The molecule has 0 aliphatic carbocycles. The number of aryl methyl sites for hydroxylation is 6. The second kappa shape index (κ2) is 6.28. The number of hydrogen-bond donors (Lipinski definition) is 0. The van der Waals surface area contributed by atoms with E-state index in [-0.39, 0.29) is 0 Å². The molecule has 0 N–H and O–H groups in total. The fraction of sp³-hybridized carbons (Fsp3) is 0.250. The van der Waals surface area contributed by atoms with Crippen LogP contribution in [-0.4, -0.2) is 0 Å². The lowest BCUT2D eigenvalue weighted by atomic mass is 9.89. The van der Waals surface area contributed by atoms with E-state index in [9.17, 15) is 0 Å². The Labute approximate surface area is 146 Å². The van der Waals surface area contributed by atoms with Gasteiger partial charge in [-0.3, -0.25) is 0 Å². The maximum atomic E-state index is 2.34. The summed E-state index contributed by atoms with van der Waals surface area (Å²) in [6.45, 7) is 13.2. The summed E-state index contributed by atoms with van der Waals surface area (Å²) >= 11 is 0. The molecule has 0 spiro atoms. The van der Waals surface area contributed by atoms with Gasteiger partial charge < -0.3 is 0 Å². The van der Waals surface area contributed by atoms with Crippen molar-refractivity contribution in [2.45, 2.75) is 41.5 Å². The molecule has 0 heterocycles. The Balaban J connectivity index is 2.19. The smallest absolute Gasteiger partial charge is 0.0125 e. The third-order valence-electron chi connectivity index (χ3n) is 4.79.